The zero-order chi connectivity index (χ0) is 18.0. The number of hydrogen-bond acceptors (Lipinski definition) is 4. The molecule has 1 aromatic carbocycles. The van der Waals surface area contributed by atoms with Crippen LogP contribution in [0.4, 0.5) is 0 Å². The summed E-state index contributed by atoms with van der Waals surface area (Å²) in [7, 11) is 1.62. The number of carbonyl (C=O) groups is 1. The van der Waals surface area contributed by atoms with E-state index in [0.717, 1.165) is 11.4 Å². The van der Waals surface area contributed by atoms with E-state index in [-0.39, 0.29) is 12.2 Å². The lowest BCUT2D eigenvalue weighted by atomic mass is 10.2. The van der Waals surface area contributed by atoms with Crippen molar-refractivity contribution in [2.24, 2.45) is 0 Å². The third kappa shape index (κ3) is 3.52. The first-order valence-corrected chi connectivity index (χ1v) is 7.93. The number of nitrogens with zero attached hydrogens (tertiary/aromatic N) is 3. The number of furan rings is 1. The molecular weight excluding hydrogens is 318 g/mol. The zero-order valence-electron chi connectivity index (χ0n) is 14.4. The monoisotopic (exact) mass is 337 g/mol. The van der Waals surface area contributed by atoms with E-state index in [4.69, 9.17) is 4.42 Å². The zero-order valence-corrected chi connectivity index (χ0v) is 14.4. The second-order valence-electron chi connectivity index (χ2n) is 5.92. The molecule has 2 heterocycles. The Balaban J connectivity index is 1.93. The summed E-state index contributed by atoms with van der Waals surface area (Å²) in [5.41, 5.74) is 0.952. The fourth-order valence-corrected chi connectivity index (χ4v) is 2.58. The van der Waals surface area contributed by atoms with E-state index in [1.807, 2.05) is 49.4 Å². The van der Waals surface area contributed by atoms with Gasteiger partial charge in [0.2, 0.25) is 5.43 Å². The second-order valence-corrected chi connectivity index (χ2v) is 5.92. The van der Waals surface area contributed by atoms with E-state index >= 15 is 0 Å². The van der Waals surface area contributed by atoms with Crippen molar-refractivity contribution in [3.05, 3.63) is 81.7 Å². The van der Waals surface area contributed by atoms with Crippen molar-refractivity contribution in [3.63, 3.8) is 0 Å². The largest absolute Gasteiger partial charge is 0.464 e. The smallest absolute Gasteiger partial charge is 0.278 e. The van der Waals surface area contributed by atoms with Gasteiger partial charge in [-0.3, -0.25) is 9.59 Å². The van der Waals surface area contributed by atoms with Crippen molar-refractivity contribution in [3.8, 4) is 5.69 Å². The summed E-state index contributed by atoms with van der Waals surface area (Å²) in [5, 5.41) is 4.29. The molecule has 0 N–H and O–H groups in total. The minimum absolute atomic E-state index is 0.111. The van der Waals surface area contributed by atoms with Gasteiger partial charge in [0, 0.05) is 18.8 Å². The minimum atomic E-state index is -0.441. The van der Waals surface area contributed by atoms with Gasteiger partial charge in [-0.1, -0.05) is 18.2 Å². The number of para-hydroxylation sites is 1. The molecule has 0 aliphatic heterocycles. The summed E-state index contributed by atoms with van der Waals surface area (Å²) in [4.78, 5) is 26.4. The molecule has 0 fully saturated rings. The van der Waals surface area contributed by atoms with E-state index in [0.29, 0.717) is 11.5 Å². The predicted molar refractivity (Wildman–Crippen MR) is 93.8 cm³/mol. The molecule has 0 aliphatic carbocycles. The summed E-state index contributed by atoms with van der Waals surface area (Å²) in [6.07, 6.45) is 0. The fraction of sp³-hybridized carbons (Fsp3) is 0.211. The molecule has 0 bridgehead atoms. The van der Waals surface area contributed by atoms with Crippen LogP contribution < -0.4 is 5.43 Å². The van der Waals surface area contributed by atoms with Gasteiger partial charge < -0.3 is 9.32 Å². The van der Waals surface area contributed by atoms with Crippen LogP contribution >= 0.6 is 0 Å². The molecule has 0 saturated carbocycles. The van der Waals surface area contributed by atoms with Crippen LogP contribution in [0, 0.1) is 13.8 Å². The van der Waals surface area contributed by atoms with Gasteiger partial charge in [0.15, 0.2) is 5.69 Å². The maximum Gasteiger partial charge on any atom is 0.278 e. The number of amides is 1. The molecule has 3 rings (SSSR count). The van der Waals surface area contributed by atoms with Crippen LogP contribution in [0.25, 0.3) is 5.69 Å². The highest BCUT2D eigenvalue weighted by Gasteiger charge is 2.20. The summed E-state index contributed by atoms with van der Waals surface area (Å²) in [6.45, 7) is 3.89. The Hall–Kier alpha value is -3.15. The SMILES string of the molecule is Cc1ccc(CN(C)C(=O)c2nn(-c3ccccc3)c(C)cc2=O)o1. The second kappa shape index (κ2) is 6.76. The van der Waals surface area contributed by atoms with Crippen molar-refractivity contribution < 1.29 is 9.21 Å². The molecule has 3 aromatic rings. The van der Waals surface area contributed by atoms with E-state index in [9.17, 15) is 9.59 Å². The van der Waals surface area contributed by atoms with Gasteiger partial charge >= 0.3 is 0 Å². The van der Waals surface area contributed by atoms with E-state index in [2.05, 4.69) is 5.10 Å². The molecule has 0 spiro atoms. The summed E-state index contributed by atoms with van der Waals surface area (Å²) in [5.74, 6) is 0.989. The topological polar surface area (TPSA) is 68.3 Å². The van der Waals surface area contributed by atoms with Crippen LogP contribution in [0.2, 0.25) is 0 Å². The van der Waals surface area contributed by atoms with Crippen molar-refractivity contribution in [2.45, 2.75) is 20.4 Å². The highest BCUT2D eigenvalue weighted by Crippen LogP contribution is 2.11. The number of carbonyl (C=O) groups excluding carboxylic acids is 1. The number of hydrogen-bond donors (Lipinski definition) is 0. The molecule has 6 heteroatoms. The molecular formula is C19H19N3O3. The van der Waals surface area contributed by atoms with Gasteiger partial charge in [0.05, 0.1) is 12.2 Å². The highest BCUT2D eigenvalue weighted by molar-refractivity contribution is 5.91. The van der Waals surface area contributed by atoms with Gasteiger partial charge in [0.25, 0.3) is 5.91 Å². The Morgan fingerprint density at radius 1 is 1.16 bits per heavy atom. The Kier molecular flexibility index (Phi) is 4.52. The first kappa shape index (κ1) is 16.7. The molecule has 0 unspecified atom stereocenters. The Morgan fingerprint density at radius 3 is 2.52 bits per heavy atom. The average molecular weight is 337 g/mol. The molecule has 0 saturated heterocycles. The summed E-state index contributed by atoms with van der Waals surface area (Å²) < 4.78 is 7.08. The van der Waals surface area contributed by atoms with Gasteiger partial charge in [-0.25, -0.2) is 4.68 Å². The summed E-state index contributed by atoms with van der Waals surface area (Å²) >= 11 is 0. The van der Waals surface area contributed by atoms with Gasteiger partial charge in [-0.05, 0) is 38.1 Å². The number of aryl methyl sites for hydroxylation is 2. The molecule has 1 amide bonds. The Morgan fingerprint density at radius 2 is 1.88 bits per heavy atom. The maximum absolute atomic E-state index is 12.7. The van der Waals surface area contributed by atoms with Crippen molar-refractivity contribution in [2.75, 3.05) is 7.05 Å². The first-order chi connectivity index (χ1) is 12.0. The normalized spacial score (nSPS) is 10.7. The molecule has 0 aliphatic rings. The highest BCUT2D eigenvalue weighted by atomic mass is 16.3. The number of aromatic nitrogens is 2. The lowest BCUT2D eigenvalue weighted by molar-refractivity contribution is 0.0765. The third-order valence-electron chi connectivity index (χ3n) is 3.85. The average Bonchev–Trinajstić information content (AvgIpc) is 3.00. The molecule has 128 valence electrons. The quantitative estimate of drug-likeness (QED) is 0.734. The van der Waals surface area contributed by atoms with Crippen LogP contribution in [0.3, 0.4) is 0 Å². The lowest BCUT2D eigenvalue weighted by Gasteiger charge is -2.16. The van der Waals surface area contributed by atoms with Gasteiger partial charge in [-0.15, -0.1) is 0 Å². The van der Waals surface area contributed by atoms with E-state index in [1.54, 1.807) is 18.7 Å². The molecule has 0 atom stereocenters. The Bertz CT molecular complexity index is 958. The number of benzene rings is 1. The summed E-state index contributed by atoms with van der Waals surface area (Å²) in [6, 6.07) is 14.5. The maximum atomic E-state index is 12.7. The molecule has 0 radical (unpaired) electrons. The van der Waals surface area contributed by atoms with Gasteiger partial charge in [-0.2, -0.15) is 5.10 Å². The standard InChI is InChI=1S/C19H19N3O3/c1-13-11-17(23)18(20-22(13)15-7-5-4-6-8-15)19(24)21(3)12-16-10-9-14(2)25-16/h4-11H,12H2,1-3H3. The van der Waals surface area contributed by atoms with E-state index in [1.165, 1.54) is 11.0 Å². The predicted octanol–water partition coefficient (Wildman–Crippen LogP) is 2.71. The van der Waals surface area contributed by atoms with Crippen molar-refractivity contribution >= 4 is 5.91 Å². The van der Waals surface area contributed by atoms with Crippen LogP contribution in [0.1, 0.15) is 27.7 Å². The van der Waals surface area contributed by atoms with Crippen molar-refractivity contribution in [1.82, 2.24) is 14.7 Å². The van der Waals surface area contributed by atoms with Crippen LogP contribution in [0.15, 0.2) is 57.7 Å². The van der Waals surface area contributed by atoms with E-state index < -0.39 is 11.3 Å². The Labute approximate surface area is 145 Å². The van der Waals surface area contributed by atoms with Crippen LogP contribution in [0.5, 0.6) is 0 Å². The van der Waals surface area contributed by atoms with Crippen LogP contribution in [-0.2, 0) is 6.54 Å². The fourth-order valence-electron chi connectivity index (χ4n) is 2.58. The van der Waals surface area contributed by atoms with Crippen molar-refractivity contribution in [1.29, 1.82) is 0 Å². The molecule has 25 heavy (non-hydrogen) atoms. The third-order valence-corrected chi connectivity index (χ3v) is 3.85. The number of rotatable bonds is 4. The molecule has 2 aromatic heterocycles. The lowest BCUT2D eigenvalue weighted by Crippen LogP contribution is -2.33. The first-order valence-electron chi connectivity index (χ1n) is 7.93. The van der Waals surface area contributed by atoms with Crippen LogP contribution in [-0.4, -0.2) is 27.6 Å². The van der Waals surface area contributed by atoms with Gasteiger partial charge in [0.1, 0.15) is 11.5 Å². The minimum Gasteiger partial charge on any atom is -0.464 e. The molecule has 6 nitrogen and oxygen atoms in total.